The zero-order chi connectivity index (χ0) is 19.8. The molecule has 6 nitrogen and oxygen atoms in total. The highest BCUT2D eigenvalue weighted by Crippen LogP contribution is 2.12. The number of nitrogens with one attached hydrogen (secondary N) is 1. The maximum absolute atomic E-state index is 12.6. The number of hydrogen-bond acceptors (Lipinski definition) is 5. The van der Waals surface area contributed by atoms with Gasteiger partial charge in [-0.2, -0.15) is 0 Å². The molecule has 3 heterocycles. The lowest BCUT2D eigenvalue weighted by Crippen LogP contribution is -2.55. The molecular weight excluding hydrogens is 372 g/mol. The molecule has 1 aromatic heterocycles. The van der Waals surface area contributed by atoms with E-state index in [1.54, 1.807) is 11.3 Å². The van der Waals surface area contributed by atoms with Crippen LogP contribution in [0.2, 0.25) is 0 Å². The Hall–Kier alpha value is -1.44. The summed E-state index contributed by atoms with van der Waals surface area (Å²) in [4.78, 5) is 32.8. The smallest absolute Gasteiger partial charge is 0.237 e. The molecule has 1 atom stereocenters. The van der Waals surface area contributed by atoms with Crippen molar-refractivity contribution in [3.63, 3.8) is 0 Å². The lowest BCUT2D eigenvalue weighted by atomic mass is 10.2. The van der Waals surface area contributed by atoms with Gasteiger partial charge in [-0.05, 0) is 37.6 Å². The summed E-state index contributed by atoms with van der Waals surface area (Å²) in [5.74, 6) is 0.375. The van der Waals surface area contributed by atoms with Crippen molar-refractivity contribution in [3.05, 3.63) is 22.4 Å². The first-order valence-electron chi connectivity index (χ1n) is 10.7. The number of likely N-dealkylation sites (tertiary alicyclic amines) is 1. The van der Waals surface area contributed by atoms with Crippen LogP contribution in [0.1, 0.15) is 37.5 Å². The van der Waals surface area contributed by atoms with Gasteiger partial charge in [-0.25, -0.2) is 0 Å². The number of piperazine rings is 1. The largest absolute Gasteiger partial charge is 0.354 e. The molecular formula is C21H34N4O2S. The van der Waals surface area contributed by atoms with Crippen molar-refractivity contribution in [1.29, 1.82) is 0 Å². The second-order valence-corrected chi connectivity index (χ2v) is 8.94. The molecule has 0 aliphatic carbocycles. The van der Waals surface area contributed by atoms with E-state index in [0.717, 1.165) is 58.5 Å². The van der Waals surface area contributed by atoms with Crippen LogP contribution in [0, 0.1) is 0 Å². The van der Waals surface area contributed by atoms with Gasteiger partial charge in [0.05, 0.1) is 12.6 Å². The van der Waals surface area contributed by atoms with Gasteiger partial charge >= 0.3 is 0 Å². The summed E-state index contributed by atoms with van der Waals surface area (Å²) in [7, 11) is 0. The molecule has 156 valence electrons. The zero-order valence-electron chi connectivity index (χ0n) is 17.1. The highest BCUT2D eigenvalue weighted by Gasteiger charge is 2.27. The molecule has 0 aromatic carbocycles. The van der Waals surface area contributed by atoms with Gasteiger partial charge in [-0.15, -0.1) is 11.3 Å². The average molecular weight is 407 g/mol. The third-order valence-electron chi connectivity index (χ3n) is 5.90. The van der Waals surface area contributed by atoms with Crippen molar-refractivity contribution >= 4 is 23.2 Å². The Kier molecular flexibility index (Phi) is 8.30. The number of hydrogen-bond donors (Lipinski definition) is 1. The molecule has 1 aromatic rings. The van der Waals surface area contributed by atoms with Gasteiger partial charge in [0.1, 0.15) is 0 Å². The molecule has 2 aliphatic rings. The second-order valence-electron chi connectivity index (χ2n) is 7.90. The van der Waals surface area contributed by atoms with E-state index in [-0.39, 0.29) is 17.9 Å². The molecule has 0 unspecified atom stereocenters. The highest BCUT2D eigenvalue weighted by atomic mass is 32.1. The van der Waals surface area contributed by atoms with Crippen LogP contribution in [0.4, 0.5) is 0 Å². The Labute approximate surface area is 172 Å². The van der Waals surface area contributed by atoms with Crippen LogP contribution < -0.4 is 5.32 Å². The zero-order valence-corrected chi connectivity index (χ0v) is 17.9. The number of thiophene rings is 1. The standard InChI is InChI=1S/C21H34N4O2S/c1-18(21(27)22-9-8-19-7-6-16-28-19)24-14-12-23(13-15-24)17-20(26)25-10-4-2-3-5-11-25/h6-7,16,18H,2-5,8-15,17H2,1H3,(H,22,27)/t18-/m1/s1. The molecule has 0 saturated carbocycles. The average Bonchev–Trinajstić information content (AvgIpc) is 3.07. The van der Waals surface area contributed by atoms with E-state index < -0.39 is 0 Å². The van der Waals surface area contributed by atoms with Crippen molar-refractivity contribution in [2.24, 2.45) is 0 Å². The summed E-state index contributed by atoms with van der Waals surface area (Å²) in [6.45, 7) is 8.42. The second kappa shape index (κ2) is 10.9. The van der Waals surface area contributed by atoms with Gasteiger partial charge < -0.3 is 10.2 Å². The van der Waals surface area contributed by atoms with E-state index in [9.17, 15) is 9.59 Å². The Bertz CT molecular complexity index is 606. The van der Waals surface area contributed by atoms with Gasteiger partial charge in [0.25, 0.3) is 0 Å². The number of carbonyl (C=O) groups is 2. The molecule has 28 heavy (non-hydrogen) atoms. The molecule has 2 saturated heterocycles. The van der Waals surface area contributed by atoms with Gasteiger partial charge in [0.15, 0.2) is 0 Å². The Morgan fingerprint density at radius 1 is 1.07 bits per heavy atom. The van der Waals surface area contributed by atoms with Crippen molar-refractivity contribution in [2.75, 3.05) is 52.4 Å². The van der Waals surface area contributed by atoms with Crippen LogP contribution in [0.3, 0.4) is 0 Å². The maximum Gasteiger partial charge on any atom is 0.237 e. The minimum Gasteiger partial charge on any atom is -0.354 e. The monoisotopic (exact) mass is 406 g/mol. The molecule has 0 spiro atoms. The molecule has 2 fully saturated rings. The van der Waals surface area contributed by atoms with Crippen LogP contribution in [-0.2, 0) is 16.0 Å². The Morgan fingerprint density at radius 3 is 2.43 bits per heavy atom. The van der Waals surface area contributed by atoms with Gasteiger partial charge in [0.2, 0.25) is 11.8 Å². The molecule has 1 N–H and O–H groups in total. The first-order valence-corrected chi connectivity index (χ1v) is 11.6. The third kappa shape index (κ3) is 6.29. The molecule has 3 rings (SSSR count). The number of carbonyl (C=O) groups excluding carboxylic acids is 2. The first-order chi connectivity index (χ1) is 13.6. The SMILES string of the molecule is C[C@H](C(=O)NCCc1cccs1)N1CCN(CC(=O)N2CCCCCC2)CC1. The fraction of sp³-hybridized carbons (Fsp3) is 0.714. The fourth-order valence-electron chi connectivity index (χ4n) is 4.00. The summed E-state index contributed by atoms with van der Waals surface area (Å²) in [5, 5.41) is 5.13. The number of nitrogens with zero attached hydrogens (tertiary/aromatic N) is 3. The van der Waals surface area contributed by atoms with Crippen molar-refractivity contribution in [3.8, 4) is 0 Å². The lowest BCUT2D eigenvalue weighted by Gasteiger charge is -2.37. The summed E-state index contributed by atoms with van der Waals surface area (Å²) >= 11 is 1.73. The molecule has 7 heteroatoms. The maximum atomic E-state index is 12.6. The van der Waals surface area contributed by atoms with Crippen molar-refractivity contribution in [1.82, 2.24) is 20.0 Å². The van der Waals surface area contributed by atoms with Crippen molar-refractivity contribution in [2.45, 2.75) is 45.1 Å². The Morgan fingerprint density at radius 2 is 1.79 bits per heavy atom. The van der Waals surface area contributed by atoms with E-state index in [2.05, 4.69) is 26.6 Å². The van der Waals surface area contributed by atoms with E-state index >= 15 is 0 Å². The van der Waals surface area contributed by atoms with Crippen molar-refractivity contribution < 1.29 is 9.59 Å². The van der Waals surface area contributed by atoms with E-state index in [0.29, 0.717) is 13.1 Å². The van der Waals surface area contributed by atoms with E-state index in [4.69, 9.17) is 0 Å². The quantitative estimate of drug-likeness (QED) is 0.750. The third-order valence-corrected chi connectivity index (χ3v) is 6.84. The van der Waals surface area contributed by atoms with Crippen LogP contribution >= 0.6 is 11.3 Å². The summed E-state index contributed by atoms with van der Waals surface area (Å²) < 4.78 is 0. The Balaban J connectivity index is 1.35. The molecule has 2 amide bonds. The first kappa shape index (κ1) is 21.3. The van der Waals surface area contributed by atoms with Crippen LogP contribution in [0.25, 0.3) is 0 Å². The molecule has 0 bridgehead atoms. The van der Waals surface area contributed by atoms with Crippen LogP contribution in [0.15, 0.2) is 17.5 Å². The normalized spacial score (nSPS) is 20.5. The van der Waals surface area contributed by atoms with Crippen LogP contribution in [-0.4, -0.2) is 84.9 Å². The molecule has 0 radical (unpaired) electrons. The van der Waals surface area contributed by atoms with E-state index in [1.165, 1.54) is 17.7 Å². The summed E-state index contributed by atoms with van der Waals surface area (Å²) in [6, 6.07) is 4.03. The summed E-state index contributed by atoms with van der Waals surface area (Å²) in [5.41, 5.74) is 0. The number of rotatable bonds is 7. The lowest BCUT2D eigenvalue weighted by molar-refractivity contribution is -0.133. The highest BCUT2D eigenvalue weighted by molar-refractivity contribution is 7.09. The minimum absolute atomic E-state index is 0.102. The number of amides is 2. The van der Waals surface area contributed by atoms with E-state index in [1.807, 2.05) is 17.9 Å². The van der Waals surface area contributed by atoms with Gasteiger partial charge in [-0.3, -0.25) is 19.4 Å². The van der Waals surface area contributed by atoms with Crippen LogP contribution in [0.5, 0.6) is 0 Å². The van der Waals surface area contributed by atoms with Gasteiger partial charge in [0, 0.05) is 50.7 Å². The topological polar surface area (TPSA) is 55.9 Å². The fourth-order valence-corrected chi connectivity index (χ4v) is 4.71. The van der Waals surface area contributed by atoms with Gasteiger partial charge in [-0.1, -0.05) is 18.9 Å². The molecule has 2 aliphatic heterocycles. The predicted molar refractivity (Wildman–Crippen MR) is 114 cm³/mol. The summed E-state index contributed by atoms with van der Waals surface area (Å²) in [6.07, 6.45) is 5.66. The predicted octanol–water partition coefficient (Wildman–Crippen LogP) is 1.82. The minimum atomic E-state index is -0.119.